The molecule has 4 aromatic rings. The van der Waals surface area contributed by atoms with Crippen molar-refractivity contribution in [3.63, 3.8) is 0 Å². The summed E-state index contributed by atoms with van der Waals surface area (Å²) >= 11 is 3.42. The van der Waals surface area contributed by atoms with Gasteiger partial charge in [-0.05, 0) is 81.4 Å². The molecule has 0 unspecified atom stereocenters. The van der Waals surface area contributed by atoms with E-state index < -0.39 is 34.2 Å². The first kappa shape index (κ1) is 30.1. The van der Waals surface area contributed by atoms with Crippen LogP contribution in [0.15, 0.2) is 93.3 Å². The molecule has 0 bridgehead atoms. The SMILES string of the molecule is Cc1ccc(S(=O)(=O)N(CC(=O)N/N=C\c2cc(C)n(-c3ccc(Br)cc3)c2C)c2cccc(C(F)(F)F)c2)cc1. The maximum atomic E-state index is 13.5. The number of carbonyl (C=O) groups excluding carboxylic acids is 1. The average Bonchev–Trinajstić information content (AvgIpc) is 3.20. The number of carbonyl (C=O) groups is 1. The third-order valence-corrected chi connectivity index (χ3v) is 8.62. The summed E-state index contributed by atoms with van der Waals surface area (Å²) in [4.78, 5) is 12.7. The fraction of sp³-hybridized carbons (Fsp3) is 0.172. The number of halogens is 4. The van der Waals surface area contributed by atoms with Gasteiger partial charge in [-0.3, -0.25) is 9.10 Å². The van der Waals surface area contributed by atoms with Gasteiger partial charge < -0.3 is 4.57 Å². The summed E-state index contributed by atoms with van der Waals surface area (Å²) in [6.07, 6.45) is -3.27. The Morgan fingerprint density at radius 2 is 1.66 bits per heavy atom. The summed E-state index contributed by atoms with van der Waals surface area (Å²) in [7, 11) is -4.40. The van der Waals surface area contributed by atoms with Crippen LogP contribution < -0.4 is 9.73 Å². The van der Waals surface area contributed by atoms with Crippen LogP contribution in [0.4, 0.5) is 18.9 Å². The molecule has 0 aliphatic rings. The lowest BCUT2D eigenvalue weighted by Gasteiger charge is -2.24. The van der Waals surface area contributed by atoms with Crippen LogP contribution in [0, 0.1) is 20.8 Å². The van der Waals surface area contributed by atoms with Gasteiger partial charge in [-0.25, -0.2) is 13.8 Å². The quantitative estimate of drug-likeness (QED) is 0.175. The number of rotatable bonds is 8. The molecule has 0 spiro atoms. The maximum Gasteiger partial charge on any atom is 0.416 e. The van der Waals surface area contributed by atoms with Crippen molar-refractivity contribution >= 4 is 43.8 Å². The molecule has 4 rings (SSSR count). The zero-order valence-electron chi connectivity index (χ0n) is 22.3. The Hall–Kier alpha value is -3.90. The third kappa shape index (κ3) is 6.88. The first-order chi connectivity index (χ1) is 19.3. The number of hydrazone groups is 1. The largest absolute Gasteiger partial charge is 0.416 e. The Balaban J connectivity index is 1.59. The summed E-state index contributed by atoms with van der Waals surface area (Å²) in [5.41, 5.74) is 5.18. The highest BCUT2D eigenvalue weighted by Crippen LogP contribution is 2.33. The van der Waals surface area contributed by atoms with Gasteiger partial charge in [-0.1, -0.05) is 39.7 Å². The number of anilines is 1. The van der Waals surface area contributed by atoms with Gasteiger partial charge in [0.2, 0.25) is 0 Å². The number of aryl methyl sites for hydroxylation is 2. The number of nitrogens with one attached hydrogen (secondary N) is 1. The molecule has 214 valence electrons. The van der Waals surface area contributed by atoms with Gasteiger partial charge in [0.15, 0.2) is 0 Å². The summed E-state index contributed by atoms with van der Waals surface area (Å²) < 4.78 is 70.8. The fourth-order valence-electron chi connectivity index (χ4n) is 4.24. The average molecular weight is 648 g/mol. The highest BCUT2D eigenvalue weighted by atomic mass is 79.9. The van der Waals surface area contributed by atoms with E-state index in [-0.39, 0.29) is 10.6 Å². The van der Waals surface area contributed by atoms with Crippen LogP contribution in [-0.4, -0.2) is 31.7 Å². The van der Waals surface area contributed by atoms with E-state index in [0.717, 1.165) is 39.2 Å². The molecule has 0 radical (unpaired) electrons. The van der Waals surface area contributed by atoms with E-state index >= 15 is 0 Å². The second kappa shape index (κ2) is 11.9. The van der Waals surface area contributed by atoms with E-state index in [2.05, 4.69) is 26.5 Å². The predicted octanol–water partition coefficient (Wildman–Crippen LogP) is 6.53. The number of aromatic nitrogens is 1. The van der Waals surface area contributed by atoms with Gasteiger partial charge in [-0.2, -0.15) is 18.3 Å². The Bertz CT molecular complexity index is 1700. The Kier molecular flexibility index (Phi) is 8.74. The number of amides is 1. The Labute approximate surface area is 244 Å². The van der Waals surface area contributed by atoms with E-state index in [9.17, 15) is 26.4 Å². The third-order valence-electron chi connectivity index (χ3n) is 6.31. The van der Waals surface area contributed by atoms with Crippen LogP contribution in [0.2, 0.25) is 0 Å². The molecule has 0 saturated heterocycles. The predicted molar refractivity (Wildman–Crippen MR) is 156 cm³/mol. The molecule has 0 fully saturated rings. The molecule has 3 aromatic carbocycles. The first-order valence-corrected chi connectivity index (χ1v) is 14.5. The van der Waals surface area contributed by atoms with Crippen molar-refractivity contribution < 1.29 is 26.4 Å². The van der Waals surface area contributed by atoms with Crippen molar-refractivity contribution in [3.05, 3.63) is 111 Å². The van der Waals surface area contributed by atoms with Gasteiger partial charge >= 0.3 is 6.18 Å². The molecule has 1 amide bonds. The van der Waals surface area contributed by atoms with Gasteiger partial charge in [0.05, 0.1) is 22.4 Å². The first-order valence-electron chi connectivity index (χ1n) is 12.3. The van der Waals surface area contributed by atoms with E-state index in [1.807, 2.05) is 48.7 Å². The van der Waals surface area contributed by atoms with Gasteiger partial charge in [-0.15, -0.1) is 0 Å². The smallest absolute Gasteiger partial charge is 0.318 e. The Morgan fingerprint density at radius 3 is 2.29 bits per heavy atom. The van der Waals surface area contributed by atoms with Crippen LogP contribution in [-0.2, 0) is 21.0 Å². The fourth-order valence-corrected chi connectivity index (χ4v) is 5.91. The number of hydrogen-bond donors (Lipinski definition) is 1. The zero-order chi connectivity index (χ0) is 29.9. The number of nitrogens with zero attached hydrogens (tertiary/aromatic N) is 3. The van der Waals surface area contributed by atoms with Gasteiger partial charge in [0.1, 0.15) is 6.54 Å². The number of hydrogen-bond acceptors (Lipinski definition) is 4. The maximum absolute atomic E-state index is 13.5. The van der Waals surface area contributed by atoms with Crippen LogP contribution in [0.1, 0.15) is 28.1 Å². The lowest BCUT2D eigenvalue weighted by molar-refractivity contribution is -0.137. The molecule has 1 aromatic heterocycles. The van der Waals surface area contributed by atoms with E-state index in [4.69, 9.17) is 0 Å². The summed E-state index contributed by atoms with van der Waals surface area (Å²) in [6, 6.07) is 19.2. The lowest BCUT2D eigenvalue weighted by Crippen LogP contribution is -2.39. The molecule has 12 heteroatoms. The van der Waals surface area contributed by atoms with E-state index in [1.54, 1.807) is 19.1 Å². The molecule has 0 saturated carbocycles. The molecular weight excluding hydrogens is 621 g/mol. The van der Waals surface area contributed by atoms with Gasteiger partial charge in [0, 0.05) is 27.1 Å². The molecular formula is C29H26BrF3N4O3S. The van der Waals surface area contributed by atoms with Crippen LogP contribution in [0.3, 0.4) is 0 Å². The second-order valence-corrected chi connectivity index (χ2v) is 12.1. The lowest BCUT2D eigenvalue weighted by atomic mass is 10.2. The molecule has 0 aliphatic carbocycles. The minimum absolute atomic E-state index is 0.169. The highest BCUT2D eigenvalue weighted by Gasteiger charge is 2.33. The van der Waals surface area contributed by atoms with E-state index in [1.165, 1.54) is 24.4 Å². The monoisotopic (exact) mass is 646 g/mol. The topological polar surface area (TPSA) is 83.8 Å². The molecule has 7 nitrogen and oxygen atoms in total. The summed E-state index contributed by atoms with van der Waals surface area (Å²) in [6.45, 7) is 4.78. The van der Waals surface area contributed by atoms with Crippen molar-refractivity contribution in [2.24, 2.45) is 5.10 Å². The van der Waals surface area contributed by atoms with Crippen molar-refractivity contribution in [2.75, 3.05) is 10.8 Å². The number of alkyl halides is 3. The number of benzene rings is 3. The van der Waals surface area contributed by atoms with Crippen LogP contribution in [0.25, 0.3) is 5.69 Å². The number of sulfonamides is 1. The van der Waals surface area contributed by atoms with Crippen LogP contribution in [0.5, 0.6) is 0 Å². The van der Waals surface area contributed by atoms with Crippen molar-refractivity contribution in [1.29, 1.82) is 0 Å². The summed E-state index contributed by atoms with van der Waals surface area (Å²) in [5, 5.41) is 3.99. The molecule has 1 heterocycles. The Morgan fingerprint density at radius 1 is 1.00 bits per heavy atom. The minimum Gasteiger partial charge on any atom is -0.318 e. The standard InChI is InChI=1S/C29H26BrF3N4O3S/c1-19-7-13-27(14-8-19)41(39,40)36(26-6-4-5-23(16-26)29(31,32)33)18-28(38)35-34-17-22-15-20(2)37(21(22)3)25-11-9-24(30)10-12-25/h4-17H,18H2,1-3H3,(H,35,38)/b34-17-. The molecule has 1 N–H and O–H groups in total. The zero-order valence-corrected chi connectivity index (χ0v) is 24.7. The van der Waals surface area contributed by atoms with Crippen molar-refractivity contribution in [1.82, 2.24) is 9.99 Å². The van der Waals surface area contributed by atoms with Crippen molar-refractivity contribution in [2.45, 2.75) is 31.8 Å². The summed E-state index contributed by atoms with van der Waals surface area (Å²) in [5.74, 6) is -0.837. The second-order valence-electron chi connectivity index (χ2n) is 9.30. The molecule has 0 atom stereocenters. The highest BCUT2D eigenvalue weighted by molar-refractivity contribution is 9.10. The molecule has 41 heavy (non-hydrogen) atoms. The normalized spacial score (nSPS) is 12.1. The molecule has 0 aliphatic heterocycles. The van der Waals surface area contributed by atoms with Crippen LogP contribution >= 0.6 is 15.9 Å². The van der Waals surface area contributed by atoms with E-state index in [0.29, 0.717) is 15.9 Å². The van der Waals surface area contributed by atoms with Gasteiger partial charge in [0.25, 0.3) is 15.9 Å². The van der Waals surface area contributed by atoms with Crippen molar-refractivity contribution in [3.8, 4) is 5.69 Å². The minimum atomic E-state index is -4.70.